The summed E-state index contributed by atoms with van der Waals surface area (Å²) in [5.74, 6) is 0.645. The first kappa shape index (κ1) is 18.2. The number of nitriles is 1. The van der Waals surface area contributed by atoms with Crippen LogP contribution < -0.4 is 9.64 Å². The molecule has 1 heterocycles. The zero-order valence-electron chi connectivity index (χ0n) is 14.8. The molecule has 1 aliphatic heterocycles. The lowest BCUT2D eigenvalue weighted by molar-refractivity contribution is 0.384. The maximum Gasteiger partial charge on any atom is 0.243 e. The first-order valence-electron chi connectivity index (χ1n) is 8.35. The molecule has 1 fully saturated rings. The molecule has 2 aromatic rings. The number of hydrogen-bond donors (Lipinski definition) is 0. The highest BCUT2D eigenvalue weighted by Crippen LogP contribution is 2.26. The van der Waals surface area contributed by atoms with E-state index in [-0.39, 0.29) is 0 Å². The van der Waals surface area contributed by atoms with Gasteiger partial charge in [0.1, 0.15) is 5.75 Å². The van der Waals surface area contributed by atoms with Crippen LogP contribution in [0.3, 0.4) is 0 Å². The largest absolute Gasteiger partial charge is 0.497 e. The van der Waals surface area contributed by atoms with Crippen molar-refractivity contribution in [1.29, 1.82) is 5.26 Å². The highest BCUT2D eigenvalue weighted by molar-refractivity contribution is 7.89. The standard InChI is InChI=1S/C19H21N3O3S/c1-15-13-18(25-2)7-8-19(15)26(23,24)22-11-9-21(10-12-22)17-5-3-16(14-20)4-6-17/h3-8,13H,9-12H2,1-2H3. The van der Waals surface area contributed by atoms with Gasteiger partial charge in [0, 0.05) is 31.9 Å². The van der Waals surface area contributed by atoms with E-state index in [4.69, 9.17) is 10.00 Å². The Bertz CT molecular complexity index is 925. The number of hydrogen-bond acceptors (Lipinski definition) is 5. The molecule has 0 saturated carbocycles. The van der Waals surface area contributed by atoms with E-state index < -0.39 is 10.0 Å². The monoisotopic (exact) mass is 371 g/mol. The molecule has 1 saturated heterocycles. The first-order valence-corrected chi connectivity index (χ1v) is 9.79. The van der Waals surface area contributed by atoms with Gasteiger partial charge in [0.25, 0.3) is 0 Å². The topological polar surface area (TPSA) is 73.6 Å². The first-order chi connectivity index (χ1) is 12.5. The van der Waals surface area contributed by atoms with Gasteiger partial charge in [-0.15, -0.1) is 0 Å². The van der Waals surface area contributed by atoms with Crippen LogP contribution in [0.15, 0.2) is 47.4 Å². The number of piperazine rings is 1. The molecule has 7 heteroatoms. The Morgan fingerprint density at radius 3 is 2.23 bits per heavy atom. The van der Waals surface area contributed by atoms with Crippen LogP contribution in [0, 0.1) is 18.3 Å². The molecular formula is C19H21N3O3S. The predicted molar refractivity (Wildman–Crippen MR) is 99.9 cm³/mol. The van der Waals surface area contributed by atoms with E-state index in [9.17, 15) is 8.42 Å². The van der Waals surface area contributed by atoms with Crippen molar-refractivity contribution in [3.63, 3.8) is 0 Å². The zero-order valence-corrected chi connectivity index (χ0v) is 15.7. The SMILES string of the molecule is COc1ccc(S(=O)(=O)N2CCN(c3ccc(C#N)cc3)CC2)c(C)c1. The summed E-state index contributed by atoms with van der Waals surface area (Å²) in [7, 11) is -1.97. The highest BCUT2D eigenvalue weighted by Gasteiger charge is 2.29. The molecule has 2 aromatic carbocycles. The van der Waals surface area contributed by atoms with Crippen LogP contribution >= 0.6 is 0 Å². The highest BCUT2D eigenvalue weighted by atomic mass is 32.2. The third-order valence-electron chi connectivity index (χ3n) is 4.60. The molecule has 0 bridgehead atoms. The van der Waals surface area contributed by atoms with Crippen molar-refractivity contribution < 1.29 is 13.2 Å². The summed E-state index contributed by atoms with van der Waals surface area (Å²) in [6.07, 6.45) is 0. The zero-order chi connectivity index (χ0) is 18.7. The molecular weight excluding hydrogens is 350 g/mol. The van der Waals surface area contributed by atoms with Gasteiger partial charge in [0.05, 0.1) is 23.6 Å². The van der Waals surface area contributed by atoms with E-state index in [0.717, 1.165) is 5.69 Å². The Morgan fingerprint density at radius 2 is 1.69 bits per heavy atom. The minimum atomic E-state index is -3.53. The fourth-order valence-corrected chi connectivity index (χ4v) is 4.74. The number of anilines is 1. The van der Waals surface area contributed by atoms with Crippen molar-refractivity contribution in [2.24, 2.45) is 0 Å². The number of methoxy groups -OCH3 is 1. The average Bonchev–Trinajstić information content (AvgIpc) is 2.67. The van der Waals surface area contributed by atoms with E-state index in [0.29, 0.717) is 48.0 Å². The summed E-state index contributed by atoms with van der Waals surface area (Å²) in [6, 6.07) is 14.5. The molecule has 1 aliphatic rings. The summed E-state index contributed by atoms with van der Waals surface area (Å²) in [4.78, 5) is 2.46. The Balaban J connectivity index is 1.73. The summed E-state index contributed by atoms with van der Waals surface area (Å²) < 4.78 is 32.6. The molecule has 0 amide bonds. The maximum atomic E-state index is 13.0. The van der Waals surface area contributed by atoms with Crippen molar-refractivity contribution >= 4 is 15.7 Å². The van der Waals surface area contributed by atoms with E-state index >= 15 is 0 Å². The number of rotatable bonds is 4. The van der Waals surface area contributed by atoms with Gasteiger partial charge in [-0.1, -0.05) is 0 Å². The second kappa shape index (κ2) is 7.36. The minimum Gasteiger partial charge on any atom is -0.497 e. The molecule has 136 valence electrons. The quantitative estimate of drug-likeness (QED) is 0.825. The van der Waals surface area contributed by atoms with Crippen LogP contribution in [-0.4, -0.2) is 46.0 Å². The second-order valence-electron chi connectivity index (χ2n) is 6.18. The molecule has 0 radical (unpaired) electrons. The molecule has 0 aliphatic carbocycles. The molecule has 0 spiro atoms. The molecule has 0 atom stereocenters. The number of nitrogens with zero attached hydrogens (tertiary/aromatic N) is 3. The molecule has 0 unspecified atom stereocenters. The number of sulfonamides is 1. The van der Waals surface area contributed by atoms with Crippen LogP contribution in [-0.2, 0) is 10.0 Å². The molecule has 26 heavy (non-hydrogen) atoms. The maximum absolute atomic E-state index is 13.0. The van der Waals surface area contributed by atoms with E-state index in [1.165, 1.54) is 4.31 Å². The number of benzene rings is 2. The lowest BCUT2D eigenvalue weighted by atomic mass is 10.2. The Labute approximate surface area is 154 Å². The van der Waals surface area contributed by atoms with Crippen molar-refractivity contribution in [3.8, 4) is 11.8 Å². The van der Waals surface area contributed by atoms with Gasteiger partial charge in [0.2, 0.25) is 10.0 Å². The van der Waals surface area contributed by atoms with Crippen LogP contribution in [0.25, 0.3) is 0 Å². The van der Waals surface area contributed by atoms with Gasteiger partial charge in [-0.05, 0) is 55.0 Å². The number of ether oxygens (including phenoxy) is 1. The third-order valence-corrected chi connectivity index (χ3v) is 6.66. The Kier molecular flexibility index (Phi) is 5.16. The van der Waals surface area contributed by atoms with Gasteiger partial charge in [0.15, 0.2) is 0 Å². The lowest BCUT2D eigenvalue weighted by Crippen LogP contribution is -2.48. The van der Waals surface area contributed by atoms with Crippen LogP contribution in [0.1, 0.15) is 11.1 Å². The van der Waals surface area contributed by atoms with Gasteiger partial charge in [-0.25, -0.2) is 8.42 Å². The second-order valence-corrected chi connectivity index (χ2v) is 8.09. The summed E-state index contributed by atoms with van der Waals surface area (Å²) in [5.41, 5.74) is 2.30. The molecule has 3 rings (SSSR count). The van der Waals surface area contributed by atoms with Gasteiger partial charge in [-0.2, -0.15) is 9.57 Å². The fraction of sp³-hybridized carbons (Fsp3) is 0.316. The molecule has 0 aromatic heterocycles. The predicted octanol–water partition coefficient (Wildman–Crippen LogP) is 2.39. The summed E-state index contributed by atoms with van der Waals surface area (Å²) >= 11 is 0. The van der Waals surface area contributed by atoms with Gasteiger partial charge in [-0.3, -0.25) is 0 Å². The van der Waals surface area contributed by atoms with Crippen LogP contribution in [0.4, 0.5) is 5.69 Å². The Hall–Kier alpha value is -2.56. The molecule has 6 nitrogen and oxygen atoms in total. The van der Waals surface area contributed by atoms with Gasteiger partial charge >= 0.3 is 0 Å². The van der Waals surface area contributed by atoms with Crippen molar-refractivity contribution in [2.45, 2.75) is 11.8 Å². The third kappa shape index (κ3) is 3.52. The summed E-state index contributed by atoms with van der Waals surface area (Å²) in [6.45, 7) is 3.85. The van der Waals surface area contributed by atoms with Crippen LogP contribution in [0.5, 0.6) is 5.75 Å². The smallest absolute Gasteiger partial charge is 0.243 e. The van der Waals surface area contributed by atoms with E-state index in [1.54, 1.807) is 44.4 Å². The molecule has 0 N–H and O–H groups in total. The fourth-order valence-electron chi connectivity index (χ4n) is 3.11. The summed E-state index contributed by atoms with van der Waals surface area (Å²) in [5, 5.41) is 8.88. The average molecular weight is 371 g/mol. The van der Waals surface area contributed by atoms with Crippen molar-refractivity contribution in [2.75, 3.05) is 38.2 Å². The van der Waals surface area contributed by atoms with Crippen molar-refractivity contribution in [3.05, 3.63) is 53.6 Å². The van der Waals surface area contributed by atoms with Crippen molar-refractivity contribution in [1.82, 2.24) is 4.31 Å². The van der Waals surface area contributed by atoms with Gasteiger partial charge < -0.3 is 9.64 Å². The van der Waals surface area contributed by atoms with E-state index in [2.05, 4.69) is 11.0 Å². The minimum absolute atomic E-state index is 0.324. The Morgan fingerprint density at radius 1 is 1.04 bits per heavy atom. The normalized spacial score (nSPS) is 15.5. The van der Waals surface area contributed by atoms with E-state index in [1.807, 2.05) is 12.1 Å². The van der Waals surface area contributed by atoms with Crippen LogP contribution in [0.2, 0.25) is 0 Å². The lowest BCUT2D eigenvalue weighted by Gasteiger charge is -2.35. The number of aryl methyl sites for hydroxylation is 1.